The molecule has 4 nitrogen and oxygen atoms in total. The Kier molecular flexibility index (Phi) is 3.56. The summed E-state index contributed by atoms with van der Waals surface area (Å²) >= 11 is 0. The quantitative estimate of drug-likeness (QED) is 0.840. The molecular formula is C11H15FN2O2. The van der Waals surface area contributed by atoms with Crippen molar-refractivity contribution in [3.05, 3.63) is 18.3 Å². The molecule has 1 unspecified atom stereocenters. The van der Waals surface area contributed by atoms with Crippen molar-refractivity contribution < 1.29 is 13.9 Å². The van der Waals surface area contributed by atoms with Gasteiger partial charge in [-0.3, -0.25) is 0 Å². The number of hydrogen-bond donors (Lipinski definition) is 1. The summed E-state index contributed by atoms with van der Waals surface area (Å²) in [6, 6.07) is 3.43. The van der Waals surface area contributed by atoms with E-state index in [9.17, 15) is 4.39 Å². The third kappa shape index (κ3) is 2.61. The first-order valence-electron chi connectivity index (χ1n) is 5.31. The van der Waals surface area contributed by atoms with Gasteiger partial charge in [0.2, 0.25) is 5.88 Å². The zero-order chi connectivity index (χ0) is 11.4. The fourth-order valence-corrected chi connectivity index (χ4v) is 1.66. The van der Waals surface area contributed by atoms with Gasteiger partial charge in [-0.05, 0) is 19.0 Å². The number of methoxy groups -OCH3 is 1. The molecule has 5 heteroatoms. The minimum Gasteiger partial charge on any atom is -0.486 e. The first kappa shape index (κ1) is 11.1. The van der Waals surface area contributed by atoms with Gasteiger partial charge >= 0.3 is 0 Å². The highest BCUT2D eigenvalue weighted by molar-refractivity contribution is 5.23. The van der Waals surface area contributed by atoms with Crippen LogP contribution in [0.25, 0.3) is 0 Å². The lowest BCUT2D eigenvalue weighted by molar-refractivity contribution is 0.0727. The number of alkyl halides is 1. The van der Waals surface area contributed by atoms with Gasteiger partial charge in [-0.25, -0.2) is 9.37 Å². The minimum atomic E-state index is -0.962. The third-order valence-electron chi connectivity index (χ3n) is 2.55. The van der Waals surface area contributed by atoms with Gasteiger partial charge in [0, 0.05) is 12.6 Å². The van der Waals surface area contributed by atoms with E-state index in [0.29, 0.717) is 24.6 Å². The number of ether oxygens (including phenoxy) is 2. The van der Waals surface area contributed by atoms with Gasteiger partial charge in [0.05, 0.1) is 13.3 Å². The largest absolute Gasteiger partial charge is 0.486 e. The summed E-state index contributed by atoms with van der Waals surface area (Å²) in [5, 5.41) is 2.98. The van der Waals surface area contributed by atoms with Crippen LogP contribution in [-0.2, 0) is 0 Å². The highest BCUT2D eigenvalue weighted by Crippen LogP contribution is 2.19. The fraction of sp³-hybridized carbons (Fsp3) is 0.545. The van der Waals surface area contributed by atoms with Crippen molar-refractivity contribution in [3.63, 3.8) is 0 Å². The van der Waals surface area contributed by atoms with Gasteiger partial charge < -0.3 is 14.8 Å². The van der Waals surface area contributed by atoms with Gasteiger partial charge in [0.15, 0.2) is 0 Å². The van der Waals surface area contributed by atoms with E-state index < -0.39 is 6.17 Å². The summed E-state index contributed by atoms with van der Waals surface area (Å²) in [6.07, 6.45) is 0.883. The molecule has 0 bridgehead atoms. The average Bonchev–Trinajstić information content (AvgIpc) is 2.33. The van der Waals surface area contributed by atoms with Crippen LogP contribution < -0.4 is 14.8 Å². The summed E-state index contributed by atoms with van der Waals surface area (Å²) in [5.41, 5.74) is 0. The van der Waals surface area contributed by atoms with E-state index in [0.717, 1.165) is 6.54 Å². The van der Waals surface area contributed by atoms with Crippen LogP contribution in [0.2, 0.25) is 0 Å². The Morgan fingerprint density at radius 2 is 2.38 bits per heavy atom. The number of rotatable bonds is 3. The van der Waals surface area contributed by atoms with E-state index in [1.807, 2.05) is 0 Å². The van der Waals surface area contributed by atoms with E-state index in [2.05, 4.69) is 10.3 Å². The number of piperidine rings is 1. The molecule has 2 atom stereocenters. The Hall–Kier alpha value is -1.36. The summed E-state index contributed by atoms with van der Waals surface area (Å²) in [6.45, 7) is 1.14. The van der Waals surface area contributed by atoms with Crippen molar-refractivity contribution in [1.82, 2.24) is 10.3 Å². The topological polar surface area (TPSA) is 43.4 Å². The number of halogens is 1. The van der Waals surface area contributed by atoms with Crippen LogP contribution >= 0.6 is 0 Å². The Morgan fingerprint density at radius 3 is 3.00 bits per heavy atom. The van der Waals surface area contributed by atoms with Crippen LogP contribution in [0.1, 0.15) is 6.42 Å². The van der Waals surface area contributed by atoms with Gasteiger partial charge in [0.1, 0.15) is 18.0 Å². The number of pyridine rings is 1. The summed E-state index contributed by atoms with van der Waals surface area (Å²) in [4.78, 5) is 4.00. The van der Waals surface area contributed by atoms with Gasteiger partial charge in [0.25, 0.3) is 0 Å². The molecule has 1 fully saturated rings. The van der Waals surface area contributed by atoms with Crippen molar-refractivity contribution in [2.45, 2.75) is 18.7 Å². The van der Waals surface area contributed by atoms with E-state index in [4.69, 9.17) is 9.47 Å². The first-order valence-corrected chi connectivity index (χ1v) is 5.31. The maximum Gasteiger partial charge on any atom is 0.213 e. The van der Waals surface area contributed by atoms with Crippen molar-refractivity contribution >= 4 is 0 Å². The zero-order valence-corrected chi connectivity index (χ0v) is 9.15. The Bertz CT molecular complexity index is 331. The highest BCUT2D eigenvalue weighted by atomic mass is 19.1. The molecule has 1 aromatic rings. The lowest BCUT2D eigenvalue weighted by Gasteiger charge is -2.27. The molecule has 1 saturated heterocycles. The Labute approximate surface area is 93.8 Å². The molecule has 2 heterocycles. The van der Waals surface area contributed by atoms with Crippen LogP contribution in [0, 0.1) is 0 Å². The minimum absolute atomic E-state index is 0.355. The second-order valence-corrected chi connectivity index (χ2v) is 3.70. The standard InChI is InChI=1S/C11H15FN2O2/c1-15-11-3-2-8(6-14-11)16-10-4-5-13-7-9(10)12/h2-3,6,9-10,13H,4-5,7H2,1H3/t9-,10?/m1/s1. The molecule has 0 amide bonds. The lowest BCUT2D eigenvalue weighted by atomic mass is 10.1. The molecule has 0 saturated carbocycles. The van der Waals surface area contributed by atoms with Crippen molar-refractivity contribution in [2.75, 3.05) is 20.2 Å². The Balaban J connectivity index is 1.96. The average molecular weight is 226 g/mol. The van der Waals surface area contributed by atoms with Gasteiger partial charge in [-0.15, -0.1) is 0 Å². The van der Waals surface area contributed by atoms with E-state index in [1.165, 1.54) is 0 Å². The molecule has 0 aliphatic carbocycles. The molecule has 16 heavy (non-hydrogen) atoms. The van der Waals surface area contributed by atoms with Gasteiger partial charge in [-0.1, -0.05) is 0 Å². The molecule has 0 radical (unpaired) electrons. The summed E-state index contributed by atoms with van der Waals surface area (Å²) in [7, 11) is 1.55. The van der Waals surface area contributed by atoms with E-state index in [1.54, 1.807) is 25.4 Å². The second-order valence-electron chi connectivity index (χ2n) is 3.70. The highest BCUT2D eigenvalue weighted by Gasteiger charge is 2.26. The molecule has 1 aliphatic heterocycles. The van der Waals surface area contributed by atoms with Crippen LogP contribution in [0.5, 0.6) is 11.6 Å². The number of hydrogen-bond acceptors (Lipinski definition) is 4. The summed E-state index contributed by atoms with van der Waals surface area (Å²) in [5.74, 6) is 1.10. The molecule has 1 aromatic heterocycles. The van der Waals surface area contributed by atoms with E-state index in [-0.39, 0.29) is 6.10 Å². The lowest BCUT2D eigenvalue weighted by Crippen LogP contribution is -2.44. The molecule has 88 valence electrons. The number of aromatic nitrogens is 1. The molecule has 1 N–H and O–H groups in total. The third-order valence-corrected chi connectivity index (χ3v) is 2.55. The molecule has 0 spiro atoms. The zero-order valence-electron chi connectivity index (χ0n) is 9.15. The van der Waals surface area contributed by atoms with Crippen LogP contribution in [0.4, 0.5) is 4.39 Å². The van der Waals surface area contributed by atoms with Crippen LogP contribution in [0.15, 0.2) is 18.3 Å². The fourth-order valence-electron chi connectivity index (χ4n) is 1.66. The van der Waals surface area contributed by atoms with Crippen molar-refractivity contribution in [1.29, 1.82) is 0 Å². The molecule has 2 rings (SSSR count). The number of nitrogens with zero attached hydrogens (tertiary/aromatic N) is 1. The second kappa shape index (κ2) is 5.12. The maximum absolute atomic E-state index is 13.4. The molecule has 1 aliphatic rings. The molecular weight excluding hydrogens is 211 g/mol. The monoisotopic (exact) mass is 226 g/mol. The SMILES string of the molecule is COc1ccc(OC2CCNC[C@H]2F)cn1. The predicted octanol–water partition coefficient (Wildman–Crippen LogP) is 1.17. The molecule has 0 aromatic carbocycles. The number of nitrogens with one attached hydrogen (secondary N) is 1. The van der Waals surface area contributed by atoms with E-state index >= 15 is 0 Å². The van der Waals surface area contributed by atoms with Crippen LogP contribution in [0.3, 0.4) is 0 Å². The summed E-state index contributed by atoms with van der Waals surface area (Å²) < 4.78 is 23.9. The Morgan fingerprint density at radius 1 is 1.50 bits per heavy atom. The maximum atomic E-state index is 13.4. The normalized spacial score (nSPS) is 25.1. The van der Waals surface area contributed by atoms with Crippen molar-refractivity contribution in [3.8, 4) is 11.6 Å². The smallest absolute Gasteiger partial charge is 0.213 e. The van der Waals surface area contributed by atoms with Crippen molar-refractivity contribution in [2.24, 2.45) is 0 Å². The van der Waals surface area contributed by atoms with Gasteiger partial charge in [-0.2, -0.15) is 0 Å². The predicted molar refractivity (Wildman–Crippen MR) is 57.6 cm³/mol. The van der Waals surface area contributed by atoms with Crippen LogP contribution in [-0.4, -0.2) is 37.5 Å². The first-order chi connectivity index (χ1) is 7.79.